The third kappa shape index (κ3) is 4.48. The summed E-state index contributed by atoms with van der Waals surface area (Å²) in [6, 6.07) is 27.4. The maximum Gasteiger partial charge on any atom is 0.337 e. The number of hydrazine groups is 1. The average molecular weight is 345 g/mol. The molecule has 0 spiro atoms. The van der Waals surface area contributed by atoms with Crippen LogP contribution in [0.2, 0.25) is 0 Å². The second-order valence-electron chi connectivity index (χ2n) is 5.69. The Morgan fingerprint density at radius 1 is 0.615 bits per heavy atom. The first-order valence-corrected chi connectivity index (χ1v) is 8.26. The van der Waals surface area contributed by atoms with Gasteiger partial charge < -0.3 is 5.32 Å². The first-order chi connectivity index (χ1) is 12.7. The van der Waals surface area contributed by atoms with Crippen molar-refractivity contribution in [3.8, 4) is 0 Å². The van der Waals surface area contributed by atoms with Gasteiger partial charge in [0, 0.05) is 5.69 Å². The lowest BCUT2D eigenvalue weighted by Crippen LogP contribution is -2.46. The molecular formula is C21H19N3O2. The van der Waals surface area contributed by atoms with E-state index in [1.54, 1.807) is 12.1 Å². The lowest BCUT2D eigenvalue weighted by atomic mass is 9.91. The summed E-state index contributed by atoms with van der Waals surface area (Å²) in [5, 5.41) is 2.65. The number of hydrogen-bond donors (Lipinski definition) is 3. The highest BCUT2D eigenvalue weighted by molar-refractivity contribution is 5.93. The van der Waals surface area contributed by atoms with E-state index in [0.29, 0.717) is 5.69 Å². The first-order valence-electron chi connectivity index (χ1n) is 8.26. The van der Waals surface area contributed by atoms with Crippen LogP contribution in [0.5, 0.6) is 0 Å². The number of urea groups is 1. The van der Waals surface area contributed by atoms with Gasteiger partial charge in [0.15, 0.2) is 0 Å². The van der Waals surface area contributed by atoms with Gasteiger partial charge in [-0.3, -0.25) is 10.2 Å². The fourth-order valence-electron chi connectivity index (χ4n) is 2.66. The lowest BCUT2D eigenvalue weighted by Gasteiger charge is -2.18. The summed E-state index contributed by atoms with van der Waals surface area (Å²) in [7, 11) is 0. The van der Waals surface area contributed by atoms with Crippen molar-refractivity contribution in [1.82, 2.24) is 10.9 Å². The van der Waals surface area contributed by atoms with E-state index >= 15 is 0 Å². The van der Waals surface area contributed by atoms with Gasteiger partial charge in [-0.2, -0.15) is 0 Å². The number of amides is 3. The largest absolute Gasteiger partial charge is 0.337 e. The molecule has 0 unspecified atom stereocenters. The molecule has 0 fully saturated rings. The number of nitrogens with one attached hydrogen (secondary N) is 3. The Morgan fingerprint density at radius 2 is 1.08 bits per heavy atom. The minimum absolute atomic E-state index is 0.314. The van der Waals surface area contributed by atoms with Gasteiger partial charge in [0.05, 0.1) is 5.92 Å². The first kappa shape index (κ1) is 17.2. The van der Waals surface area contributed by atoms with Crippen molar-refractivity contribution in [3.05, 3.63) is 102 Å². The van der Waals surface area contributed by atoms with Crippen LogP contribution in [0.1, 0.15) is 17.0 Å². The number of benzene rings is 3. The highest BCUT2D eigenvalue weighted by Gasteiger charge is 2.22. The molecule has 0 atom stereocenters. The van der Waals surface area contributed by atoms with Crippen LogP contribution in [0, 0.1) is 0 Å². The molecule has 3 aromatic carbocycles. The Balaban J connectivity index is 1.69. The summed E-state index contributed by atoms with van der Waals surface area (Å²) in [6.45, 7) is 0. The Labute approximate surface area is 152 Å². The van der Waals surface area contributed by atoms with E-state index in [2.05, 4.69) is 16.2 Å². The van der Waals surface area contributed by atoms with E-state index in [-0.39, 0.29) is 5.91 Å². The van der Waals surface area contributed by atoms with Crippen LogP contribution >= 0.6 is 0 Å². The van der Waals surface area contributed by atoms with Gasteiger partial charge in [-0.1, -0.05) is 78.9 Å². The maximum atomic E-state index is 12.7. The highest BCUT2D eigenvalue weighted by atomic mass is 16.2. The maximum absolute atomic E-state index is 12.7. The number of anilines is 1. The second kappa shape index (κ2) is 8.48. The Morgan fingerprint density at radius 3 is 1.58 bits per heavy atom. The Hall–Kier alpha value is -3.60. The molecule has 0 aliphatic rings. The molecule has 3 aromatic rings. The van der Waals surface area contributed by atoms with Gasteiger partial charge >= 0.3 is 6.03 Å². The summed E-state index contributed by atoms with van der Waals surface area (Å²) in [5.74, 6) is -0.833. The number of para-hydroxylation sites is 1. The smallest absolute Gasteiger partial charge is 0.307 e. The van der Waals surface area contributed by atoms with Gasteiger partial charge in [-0.15, -0.1) is 0 Å². The van der Waals surface area contributed by atoms with Crippen LogP contribution in [0.25, 0.3) is 0 Å². The van der Waals surface area contributed by atoms with Gasteiger partial charge in [-0.25, -0.2) is 10.2 Å². The van der Waals surface area contributed by atoms with Crippen molar-refractivity contribution in [2.75, 3.05) is 5.32 Å². The summed E-state index contributed by atoms with van der Waals surface area (Å²) >= 11 is 0. The number of rotatable bonds is 4. The molecule has 3 rings (SSSR count). The minimum atomic E-state index is -0.519. The topological polar surface area (TPSA) is 70.2 Å². The molecular weight excluding hydrogens is 326 g/mol. The summed E-state index contributed by atoms with van der Waals surface area (Å²) < 4.78 is 0. The molecule has 0 radical (unpaired) electrons. The van der Waals surface area contributed by atoms with E-state index in [9.17, 15) is 9.59 Å². The van der Waals surface area contributed by atoms with Gasteiger partial charge in [-0.05, 0) is 23.3 Å². The molecule has 5 heteroatoms. The molecule has 0 aliphatic heterocycles. The van der Waals surface area contributed by atoms with Gasteiger partial charge in [0.1, 0.15) is 0 Å². The standard InChI is InChI=1S/C21H19N3O2/c25-20(23-24-21(26)22-18-14-8-3-9-15-18)19(16-10-4-1-5-11-16)17-12-6-2-7-13-17/h1-15,19H,(H,23,25)(H2,22,24,26). The zero-order chi connectivity index (χ0) is 18.2. The van der Waals surface area contributed by atoms with Crippen LogP contribution in [0.4, 0.5) is 10.5 Å². The highest BCUT2D eigenvalue weighted by Crippen LogP contribution is 2.24. The van der Waals surface area contributed by atoms with Crippen LogP contribution in [0.15, 0.2) is 91.0 Å². The molecule has 0 saturated heterocycles. The second-order valence-corrected chi connectivity index (χ2v) is 5.69. The van der Waals surface area contributed by atoms with Crippen molar-refractivity contribution in [1.29, 1.82) is 0 Å². The molecule has 0 saturated carbocycles. The molecule has 0 aromatic heterocycles. The summed E-state index contributed by atoms with van der Waals surface area (Å²) in [6.07, 6.45) is 0. The van der Waals surface area contributed by atoms with Gasteiger partial charge in [0.2, 0.25) is 5.91 Å². The monoisotopic (exact) mass is 345 g/mol. The summed E-state index contributed by atoms with van der Waals surface area (Å²) in [4.78, 5) is 24.7. The predicted octanol–water partition coefficient (Wildman–Crippen LogP) is 3.67. The van der Waals surface area contributed by atoms with Crippen molar-refractivity contribution in [3.63, 3.8) is 0 Å². The minimum Gasteiger partial charge on any atom is -0.307 e. The van der Waals surface area contributed by atoms with Crippen molar-refractivity contribution in [2.24, 2.45) is 0 Å². The molecule has 26 heavy (non-hydrogen) atoms. The third-order valence-corrected chi connectivity index (χ3v) is 3.86. The SMILES string of the molecule is O=C(NNC(=O)C(c1ccccc1)c1ccccc1)Nc1ccccc1. The van der Waals surface area contributed by atoms with E-state index in [1.807, 2.05) is 78.9 Å². The van der Waals surface area contributed by atoms with Crippen LogP contribution < -0.4 is 16.2 Å². The van der Waals surface area contributed by atoms with Gasteiger partial charge in [0.25, 0.3) is 0 Å². The van der Waals surface area contributed by atoms with Crippen LogP contribution in [-0.2, 0) is 4.79 Å². The van der Waals surface area contributed by atoms with E-state index in [1.165, 1.54) is 0 Å². The number of hydrogen-bond acceptors (Lipinski definition) is 2. The molecule has 3 amide bonds. The average Bonchev–Trinajstić information content (AvgIpc) is 2.69. The van der Waals surface area contributed by atoms with Crippen molar-refractivity contribution < 1.29 is 9.59 Å². The fraction of sp³-hybridized carbons (Fsp3) is 0.0476. The molecule has 0 bridgehead atoms. The van der Waals surface area contributed by atoms with Crippen molar-refractivity contribution in [2.45, 2.75) is 5.92 Å². The van der Waals surface area contributed by atoms with Crippen LogP contribution in [-0.4, -0.2) is 11.9 Å². The lowest BCUT2D eigenvalue weighted by molar-refractivity contribution is -0.122. The van der Waals surface area contributed by atoms with Crippen molar-refractivity contribution >= 4 is 17.6 Å². The molecule has 0 heterocycles. The molecule has 0 aliphatic carbocycles. The van der Waals surface area contributed by atoms with E-state index in [4.69, 9.17) is 0 Å². The normalized spacial score (nSPS) is 10.2. The number of carbonyl (C=O) groups is 2. The predicted molar refractivity (Wildman–Crippen MR) is 101 cm³/mol. The molecule has 3 N–H and O–H groups in total. The molecule has 130 valence electrons. The summed E-state index contributed by atoms with van der Waals surface area (Å²) in [5.41, 5.74) is 7.24. The van der Waals surface area contributed by atoms with Crippen LogP contribution in [0.3, 0.4) is 0 Å². The Bertz CT molecular complexity index is 813. The van der Waals surface area contributed by atoms with E-state index < -0.39 is 11.9 Å². The Kier molecular flexibility index (Phi) is 5.62. The zero-order valence-electron chi connectivity index (χ0n) is 14.1. The fourth-order valence-corrected chi connectivity index (χ4v) is 2.66. The van der Waals surface area contributed by atoms with E-state index in [0.717, 1.165) is 11.1 Å². The quantitative estimate of drug-likeness (QED) is 0.632. The zero-order valence-corrected chi connectivity index (χ0v) is 14.1. The molecule has 5 nitrogen and oxygen atoms in total. The number of carbonyl (C=O) groups excluding carboxylic acids is 2. The third-order valence-electron chi connectivity index (χ3n) is 3.86.